The largest absolute Gasteiger partial charge is 0.325 e. The van der Waals surface area contributed by atoms with Crippen molar-refractivity contribution in [2.24, 2.45) is 4.99 Å². The van der Waals surface area contributed by atoms with E-state index < -0.39 is 10.0 Å². The number of aromatic nitrogens is 2. The van der Waals surface area contributed by atoms with Gasteiger partial charge in [-0.25, -0.2) is 23.4 Å². The van der Waals surface area contributed by atoms with E-state index in [9.17, 15) is 13.2 Å². The number of carbonyl (C=O) groups is 1. The third-order valence-corrected chi connectivity index (χ3v) is 5.88. The minimum atomic E-state index is -4.04. The Labute approximate surface area is 199 Å². The Morgan fingerprint density at radius 2 is 1.79 bits per heavy atom. The van der Waals surface area contributed by atoms with E-state index in [2.05, 4.69) is 25.0 Å². The van der Waals surface area contributed by atoms with E-state index in [0.29, 0.717) is 22.4 Å². The second-order valence-corrected chi connectivity index (χ2v) is 9.55. The van der Waals surface area contributed by atoms with E-state index in [4.69, 9.17) is 0 Å². The van der Waals surface area contributed by atoms with Crippen LogP contribution >= 0.6 is 0 Å². The highest BCUT2D eigenvalue weighted by Crippen LogP contribution is 2.27. The topological polar surface area (TPSA) is 117 Å². The molecule has 0 unspecified atom stereocenters. The summed E-state index contributed by atoms with van der Waals surface area (Å²) in [7, 11) is -0.495. The third-order valence-electron chi connectivity index (χ3n) is 4.55. The zero-order chi connectivity index (χ0) is 24.7. The number of likely N-dealkylation sites (N-methyl/N-ethyl adjacent to an activating group) is 1. The SMILES string of the molecule is CC/C=C\C(C)=Nc1nc2ccccc2nc1NS(=O)(=O)c1cccc(NC(=O)CN(C)C)c1. The maximum absolute atomic E-state index is 13.2. The molecule has 0 saturated heterocycles. The van der Waals surface area contributed by atoms with Gasteiger partial charge in [-0.1, -0.05) is 31.2 Å². The van der Waals surface area contributed by atoms with Gasteiger partial charge in [-0.05, 0) is 63.8 Å². The van der Waals surface area contributed by atoms with Gasteiger partial charge in [0.1, 0.15) is 0 Å². The van der Waals surface area contributed by atoms with Gasteiger partial charge in [0.05, 0.1) is 22.5 Å². The summed E-state index contributed by atoms with van der Waals surface area (Å²) in [6, 6.07) is 13.2. The Hall–Kier alpha value is -3.63. The van der Waals surface area contributed by atoms with Gasteiger partial charge in [-0.2, -0.15) is 0 Å². The number of hydrogen-bond donors (Lipinski definition) is 2. The molecule has 9 nitrogen and oxygen atoms in total. The van der Waals surface area contributed by atoms with Crippen molar-refractivity contribution in [2.75, 3.05) is 30.7 Å². The van der Waals surface area contributed by atoms with Crippen LogP contribution in [0.1, 0.15) is 20.3 Å². The molecule has 1 heterocycles. The third kappa shape index (κ3) is 6.69. The molecule has 2 N–H and O–H groups in total. The van der Waals surface area contributed by atoms with Gasteiger partial charge in [-0.15, -0.1) is 0 Å². The number of allylic oxidation sites excluding steroid dienone is 2. The standard InChI is InChI=1S/C24H28N6O3S/c1-5-6-10-17(2)25-23-24(28-21-14-8-7-13-20(21)27-23)29-34(32,33)19-12-9-11-18(15-19)26-22(31)16-30(3)4/h6-15H,5,16H2,1-4H3,(H,26,31)(H,28,29)/b10-6-,25-17?. The highest BCUT2D eigenvalue weighted by molar-refractivity contribution is 7.92. The molecule has 0 bridgehead atoms. The molecule has 3 rings (SSSR count). The van der Waals surface area contributed by atoms with Crippen LogP contribution < -0.4 is 10.0 Å². The smallest absolute Gasteiger partial charge is 0.263 e. The first kappa shape index (κ1) is 25.0. The van der Waals surface area contributed by atoms with E-state index in [1.807, 2.05) is 25.1 Å². The van der Waals surface area contributed by atoms with Crippen LogP contribution in [0.3, 0.4) is 0 Å². The van der Waals surface area contributed by atoms with Crippen LogP contribution in [0.5, 0.6) is 0 Å². The van der Waals surface area contributed by atoms with Crippen molar-refractivity contribution in [3.05, 3.63) is 60.7 Å². The number of carbonyl (C=O) groups excluding carboxylic acids is 1. The van der Waals surface area contributed by atoms with Crippen LogP contribution in [-0.4, -0.2) is 55.5 Å². The molecule has 1 aromatic heterocycles. The van der Waals surface area contributed by atoms with Crippen molar-refractivity contribution in [1.82, 2.24) is 14.9 Å². The number of rotatable bonds is 9. The molecule has 0 spiro atoms. The number of anilines is 2. The number of fused-ring (bicyclic) bond motifs is 1. The maximum Gasteiger partial charge on any atom is 0.263 e. The van der Waals surface area contributed by atoms with Crippen molar-refractivity contribution >= 4 is 50.0 Å². The molecule has 34 heavy (non-hydrogen) atoms. The maximum atomic E-state index is 13.2. The minimum absolute atomic E-state index is 0.0185. The molecular formula is C24H28N6O3S. The molecule has 2 aromatic carbocycles. The normalized spacial score (nSPS) is 12.4. The van der Waals surface area contributed by atoms with Gasteiger partial charge < -0.3 is 10.2 Å². The van der Waals surface area contributed by atoms with Gasteiger partial charge in [0.2, 0.25) is 5.91 Å². The second kappa shape index (κ2) is 11.0. The number of para-hydroxylation sites is 2. The van der Waals surface area contributed by atoms with Crippen molar-refractivity contribution in [2.45, 2.75) is 25.2 Å². The Bertz CT molecular complexity index is 1350. The number of amides is 1. The minimum Gasteiger partial charge on any atom is -0.325 e. The fraction of sp³-hybridized carbons (Fsp3) is 0.250. The molecule has 0 radical (unpaired) electrons. The lowest BCUT2D eigenvalue weighted by molar-refractivity contribution is -0.116. The average molecular weight is 481 g/mol. The number of benzene rings is 2. The quantitative estimate of drug-likeness (QED) is 0.447. The van der Waals surface area contributed by atoms with E-state index >= 15 is 0 Å². The van der Waals surface area contributed by atoms with Crippen LogP contribution in [0.25, 0.3) is 11.0 Å². The molecule has 0 aliphatic rings. The van der Waals surface area contributed by atoms with E-state index in [1.165, 1.54) is 12.1 Å². The molecule has 0 atom stereocenters. The zero-order valence-electron chi connectivity index (χ0n) is 19.6. The zero-order valence-corrected chi connectivity index (χ0v) is 20.4. The van der Waals surface area contributed by atoms with Gasteiger partial charge in [0.15, 0.2) is 11.6 Å². The number of nitrogens with one attached hydrogen (secondary N) is 2. The average Bonchev–Trinajstić information content (AvgIpc) is 2.77. The van der Waals surface area contributed by atoms with E-state index in [-0.39, 0.29) is 29.0 Å². The predicted octanol–water partition coefficient (Wildman–Crippen LogP) is 3.99. The molecule has 0 fully saturated rings. The van der Waals surface area contributed by atoms with Crippen LogP contribution in [0, 0.1) is 0 Å². The van der Waals surface area contributed by atoms with Gasteiger partial charge in [0, 0.05) is 11.4 Å². The molecule has 0 saturated carbocycles. The van der Waals surface area contributed by atoms with Crippen molar-refractivity contribution in [3.8, 4) is 0 Å². The van der Waals surface area contributed by atoms with E-state index in [1.54, 1.807) is 56.3 Å². The number of aliphatic imine (C=N–C) groups is 1. The molecular weight excluding hydrogens is 452 g/mol. The van der Waals surface area contributed by atoms with Crippen molar-refractivity contribution < 1.29 is 13.2 Å². The molecule has 0 aliphatic heterocycles. The number of sulfonamides is 1. The molecule has 3 aromatic rings. The monoisotopic (exact) mass is 480 g/mol. The predicted molar refractivity (Wildman–Crippen MR) is 136 cm³/mol. The van der Waals surface area contributed by atoms with Gasteiger partial charge in [-0.3, -0.25) is 9.52 Å². The summed E-state index contributed by atoms with van der Waals surface area (Å²) in [5.74, 6) is -0.0684. The summed E-state index contributed by atoms with van der Waals surface area (Å²) >= 11 is 0. The van der Waals surface area contributed by atoms with E-state index in [0.717, 1.165) is 6.42 Å². The highest BCUT2D eigenvalue weighted by Gasteiger charge is 2.19. The Kier molecular flexibility index (Phi) is 8.08. The summed E-state index contributed by atoms with van der Waals surface area (Å²) in [6.07, 6.45) is 4.64. The summed E-state index contributed by atoms with van der Waals surface area (Å²) in [6.45, 7) is 3.99. The first-order chi connectivity index (χ1) is 16.2. The summed E-state index contributed by atoms with van der Waals surface area (Å²) in [5.41, 5.74) is 2.17. The van der Waals surface area contributed by atoms with Crippen LogP contribution in [-0.2, 0) is 14.8 Å². The molecule has 1 amide bonds. The fourth-order valence-electron chi connectivity index (χ4n) is 3.04. The van der Waals surface area contributed by atoms with Gasteiger partial charge in [0.25, 0.3) is 10.0 Å². The van der Waals surface area contributed by atoms with Crippen LogP contribution in [0.15, 0.2) is 70.6 Å². The Morgan fingerprint density at radius 3 is 2.47 bits per heavy atom. The number of hydrogen-bond acceptors (Lipinski definition) is 7. The highest BCUT2D eigenvalue weighted by atomic mass is 32.2. The first-order valence-corrected chi connectivity index (χ1v) is 12.2. The van der Waals surface area contributed by atoms with Crippen molar-refractivity contribution in [1.29, 1.82) is 0 Å². The van der Waals surface area contributed by atoms with Crippen molar-refractivity contribution in [3.63, 3.8) is 0 Å². The number of nitrogens with zero attached hydrogens (tertiary/aromatic N) is 4. The Morgan fingerprint density at radius 1 is 1.09 bits per heavy atom. The molecule has 10 heteroatoms. The van der Waals surface area contributed by atoms with Crippen LogP contribution in [0.2, 0.25) is 0 Å². The van der Waals surface area contributed by atoms with Gasteiger partial charge >= 0.3 is 0 Å². The lowest BCUT2D eigenvalue weighted by Crippen LogP contribution is -2.27. The summed E-state index contributed by atoms with van der Waals surface area (Å²) in [5, 5.41) is 2.70. The summed E-state index contributed by atoms with van der Waals surface area (Å²) in [4.78, 5) is 27.2. The molecule has 0 aliphatic carbocycles. The second-order valence-electron chi connectivity index (χ2n) is 7.87. The molecule has 178 valence electrons. The summed E-state index contributed by atoms with van der Waals surface area (Å²) < 4.78 is 28.9. The van der Waals surface area contributed by atoms with Crippen LogP contribution in [0.4, 0.5) is 17.3 Å². The fourth-order valence-corrected chi connectivity index (χ4v) is 4.09. The lowest BCUT2D eigenvalue weighted by Gasteiger charge is -2.13. The first-order valence-electron chi connectivity index (χ1n) is 10.7. The Balaban J connectivity index is 1.97. The lowest BCUT2D eigenvalue weighted by atomic mass is 10.3.